The van der Waals surface area contributed by atoms with Gasteiger partial charge in [-0.3, -0.25) is 4.68 Å². The van der Waals surface area contributed by atoms with Crippen molar-refractivity contribution in [1.82, 2.24) is 19.7 Å². The summed E-state index contributed by atoms with van der Waals surface area (Å²) in [5.41, 5.74) is 2.31. The smallest absolute Gasteiger partial charge is 0.306 e. The molecule has 5 heteroatoms. The Morgan fingerprint density at radius 2 is 2.00 bits per heavy atom. The van der Waals surface area contributed by atoms with Gasteiger partial charge in [0.05, 0.1) is 16.6 Å². The van der Waals surface area contributed by atoms with Crippen molar-refractivity contribution >= 4 is 21.9 Å². The predicted molar refractivity (Wildman–Crippen MR) is 53.2 cm³/mol. The van der Waals surface area contributed by atoms with Crippen LogP contribution in [0.15, 0.2) is 23.1 Å². The average Bonchev–Trinajstić information content (AvgIpc) is 2.59. The molecule has 0 atom stereocenters. The van der Waals surface area contributed by atoms with Gasteiger partial charge in [0.1, 0.15) is 0 Å². The Morgan fingerprint density at radius 3 is 2.79 bits per heavy atom. The highest BCUT2D eigenvalue weighted by atomic mass is 16.1. The number of nitrogens with one attached hydrogen (secondary N) is 2. The minimum Gasteiger partial charge on any atom is -0.306 e. The van der Waals surface area contributed by atoms with Gasteiger partial charge >= 0.3 is 5.69 Å². The molecule has 5 nitrogen and oxygen atoms in total. The first-order valence-electron chi connectivity index (χ1n) is 4.28. The number of aromatic nitrogens is 4. The van der Waals surface area contributed by atoms with Crippen LogP contribution in [0.2, 0.25) is 0 Å². The third kappa shape index (κ3) is 0.891. The number of nitrogens with zero attached hydrogens (tertiary/aromatic N) is 2. The molecule has 2 heterocycles. The number of H-pyrrole nitrogens is 2. The van der Waals surface area contributed by atoms with Crippen molar-refractivity contribution in [1.29, 1.82) is 0 Å². The fraction of sp³-hybridized carbons (Fsp3) is 0.111. The molecule has 3 aromatic rings. The number of imidazole rings is 1. The normalized spacial score (nSPS) is 11.5. The SMILES string of the molecule is Cn1cc2cc3[nH]c(=O)[nH]c3cc2n1. The van der Waals surface area contributed by atoms with Crippen molar-refractivity contribution < 1.29 is 0 Å². The third-order valence-corrected chi connectivity index (χ3v) is 2.25. The van der Waals surface area contributed by atoms with E-state index >= 15 is 0 Å². The Labute approximate surface area is 78.4 Å². The fourth-order valence-corrected chi connectivity index (χ4v) is 1.68. The van der Waals surface area contributed by atoms with Gasteiger partial charge in [-0.2, -0.15) is 5.10 Å². The van der Waals surface area contributed by atoms with Gasteiger partial charge in [0.2, 0.25) is 0 Å². The van der Waals surface area contributed by atoms with Crippen molar-refractivity contribution in [3.05, 3.63) is 28.8 Å². The summed E-state index contributed by atoms with van der Waals surface area (Å²) in [6.07, 6.45) is 1.92. The minimum absolute atomic E-state index is 0.183. The van der Waals surface area contributed by atoms with Crippen molar-refractivity contribution in [3.8, 4) is 0 Å². The van der Waals surface area contributed by atoms with Crippen LogP contribution in [-0.4, -0.2) is 19.7 Å². The van der Waals surface area contributed by atoms with Crippen LogP contribution < -0.4 is 5.69 Å². The van der Waals surface area contributed by atoms with Crippen LogP contribution in [-0.2, 0) is 7.05 Å². The van der Waals surface area contributed by atoms with E-state index in [1.165, 1.54) is 0 Å². The highest BCUT2D eigenvalue weighted by Crippen LogP contribution is 2.17. The second-order valence-corrected chi connectivity index (χ2v) is 3.34. The van der Waals surface area contributed by atoms with E-state index in [9.17, 15) is 4.79 Å². The first-order chi connectivity index (χ1) is 6.72. The second kappa shape index (κ2) is 2.25. The topological polar surface area (TPSA) is 66.5 Å². The lowest BCUT2D eigenvalue weighted by molar-refractivity contribution is 0.780. The van der Waals surface area contributed by atoms with E-state index in [4.69, 9.17) is 0 Å². The predicted octanol–water partition coefficient (Wildman–Crippen LogP) is 0.743. The van der Waals surface area contributed by atoms with E-state index in [0.29, 0.717) is 0 Å². The average molecular weight is 188 g/mol. The maximum Gasteiger partial charge on any atom is 0.323 e. The van der Waals surface area contributed by atoms with Gasteiger partial charge in [-0.15, -0.1) is 0 Å². The minimum atomic E-state index is -0.183. The van der Waals surface area contributed by atoms with Gasteiger partial charge in [-0.05, 0) is 12.1 Å². The Balaban J connectivity index is 2.55. The van der Waals surface area contributed by atoms with Crippen LogP contribution in [0.1, 0.15) is 0 Å². The Hall–Kier alpha value is -2.04. The van der Waals surface area contributed by atoms with Gasteiger partial charge in [0, 0.05) is 18.6 Å². The molecule has 0 aliphatic rings. The van der Waals surface area contributed by atoms with Gasteiger partial charge in [-0.25, -0.2) is 4.79 Å². The third-order valence-electron chi connectivity index (χ3n) is 2.25. The largest absolute Gasteiger partial charge is 0.323 e. The summed E-state index contributed by atoms with van der Waals surface area (Å²) in [4.78, 5) is 16.4. The molecule has 1 aromatic carbocycles. The quantitative estimate of drug-likeness (QED) is 0.546. The molecule has 0 aliphatic carbocycles. The highest BCUT2D eigenvalue weighted by Gasteiger charge is 2.03. The monoisotopic (exact) mass is 188 g/mol. The van der Waals surface area contributed by atoms with Crippen LogP contribution >= 0.6 is 0 Å². The fourth-order valence-electron chi connectivity index (χ4n) is 1.68. The second-order valence-electron chi connectivity index (χ2n) is 3.34. The summed E-state index contributed by atoms with van der Waals surface area (Å²) in [5.74, 6) is 0. The Bertz CT molecular complexity index is 619. The lowest BCUT2D eigenvalue weighted by Crippen LogP contribution is -1.99. The molecular formula is C9H8N4O. The molecule has 0 amide bonds. The molecule has 0 unspecified atom stereocenters. The van der Waals surface area contributed by atoms with Crippen LogP contribution in [0, 0.1) is 0 Å². The van der Waals surface area contributed by atoms with E-state index in [2.05, 4.69) is 15.1 Å². The molecule has 0 saturated heterocycles. The van der Waals surface area contributed by atoms with Crippen LogP contribution in [0.3, 0.4) is 0 Å². The van der Waals surface area contributed by atoms with Crippen LogP contribution in [0.25, 0.3) is 21.9 Å². The number of aromatic amines is 2. The van der Waals surface area contributed by atoms with Gasteiger partial charge in [-0.1, -0.05) is 0 Å². The summed E-state index contributed by atoms with van der Waals surface area (Å²) in [6, 6.07) is 3.78. The lowest BCUT2D eigenvalue weighted by atomic mass is 10.2. The number of hydrogen-bond acceptors (Lipinski definition) is 2. The summed E-state index contributed by atoms with van der Waals surface area (Å²) < 4.78 is 1.75. The molecule has 2 aromatic heterocycles. The molecular weight excluding hydrogens is 180 g/mol. The maximum atomic E-state index is 11.0. The van der Waals surface area contributed by atoms with Crippen molar-refractivity contribution in [2.45, 2.75) is 0 Å². The molecule has 0 radical (unpaired) electrons. The van der Waals surface area contributed by atoms with Gasteiger partial charge in [0.25, 0.3) is 0 Å². The van der Waals surface area contributed by atoms with Crippen molar-refractivity contribution in [2.24, 2.45) is 7.05 Å². The standard InChI is InChI=1S/C9H8N4O/c1-13-4-5-2-7-8(3-6(5)12-13)11-9(14)10-7/h2-4H,1H3,(H2,10,11,14). The molecule has 14 heavy (non-hydrogen) atoms. The summed E-state index contributed by atoms with van der Waals surface area (Å²) in [5, 5.41) is 5.28. The molecule has 0 bridgehead atoms. The zero-order valence-electron chi connectivity index (χ0n) is 7.53. The number of hydrogen-bond donors (Lipinski definition) is 2. The van der Waals surface area contributed by atoms with Crippen LogP contribution in [0.4, 0.5) is 0 Å². The maximum absolute atomic E-state index is 11.0. The highest BCUT2D eigenvalue weighted by molar-refractivity contribution is 5.92. The number of fused-ring (bicyclic) bond motifs is 2. The molecule has 2 N–H and O–H groups in total. The van der Waals surface area contributed by atoms with E-state index in [1.807, 2.05) is 25.4 Å². The van der Waals surface area contributed by atoms with Crippen molar-refractivity contribution in [3.63, 3.8) is 0 Å². The molecule has 3 rings (SSSR count). The summed E-state index contributed by atoms with van der Waals surface area (Å²) in [7, 11) is 1.87. The number of rotatable bonds is 0. The zero-order valence-corrected chi connectivity index (χ0v) is 7.53. The molecule has 0 aliphatic heterocycles. The Morgan fingerprint density at radius 1 is 1.29 bits per heavy atom. The van der Waals surface area contributed by atoms with E-state index in [0.717, 1.165) is 21.9 Å². The molecule has 0 fully saturated rings. The van der Waals surface area contributed by atoms with Gasteiger partial charge in [0.15, 0.2) is 0 Å². The van der Waals surface area contributed by atoms with E-state index in [-0.39, 0.29) is 5.69 Å². The van der Waals surface area contributed by atoms with E-state index < -0.39 is 0 Å². The molecule has 0 saturated carbocycles. The van der Waals surface area contributed by atoms with Crippen LogP contribution in [0.5, 0.6) is 0 Å². The summed E-state index contributed by atoms with van der Waals surface area (Å²) in [6.45, 7) is 0. The summed E-state index contributed by atoms with van der Waals surface area (Å²) >= 11 is 0. The first-order valence-corrected chi connectivity index (χ1v) is 4.28. The van der Waals surface area contributed by atoms with E-state index in [1.54, 1.807) is 4.68 Å². The van der Waals surface area contributed by atoms with Crippen molar-refractivity contribution in [2.75, 3.05) is 0 Å². The number of benzene rings is 1. The van der Waals surface area contributed by atoms with Gasteiger partial charge < -0.3 is 9.97 Å². The zero-order chi connectivity index (χ0) is 9.71. The molecule has 70 valence electrons. The molecule has 0 spiro atoms. The Kier molecular flexibility index (Phi) is 1.19. The first kappa shape index (κ1) is 7.37. The number of aryl methyl sites for hydroxylation is 1. The lowest BCUT2D eigenvalue weighted by Gasteiger charge is -1.87.